The third-order valence-electron chi connectivity index (χ3n) is 5.21. The Morgan fingerprint density at radius 2 is 1.80 bits per heavy atom. The third-order valence-corrected chi connectivity index (χ3v) is 5.45. The number of aliphatic hydroxyl groups is 1. The van der Waals surface area contributed by atoms with Crippen LogP contribution in [-0.2, 0) is 9.59 Å². The van der Waals surface area contributed by atoms with Crippen LogP contribution in [0.25, 0.3) is 5.76 Å². The lowest BCUT2D eigenvalue weighted by atomic mass is 9.95. The number of benzene rings is 2. The molecule has 1 saturated heterocycles. The second kappa shape index (κ2) is 9.30. The largest absolute Gasteiger partial charge is 0.573 e. The van der Waals surface area contributed by atoms with Gasteiger partial charge in [-0.05, 0) is 48.0 Å². The summed E-state index contributed by atoms with van der Waals surface area (Å²) in [6, 6.07) is 10.8. The van der Waals surface area contributed by atoms with E-state index >= 15 is 0 Å². The van der Waals surface area contributed by atoms with E-state index in [4.69, 9.17) is 16.3 Å². The van der Waals surface area contributed by atoms with Crippen molar-refractivity contribution in [3.05, 3.63) is 88.7 Å². The standard InChI is InChI=1S/C24H16ClF3N2O5/c1-34-18-6-5-14(25)11-17(18)21(31)19-20(13-7-9-29-10-8-13)30(23(33)22(19)32)15-3-2-4-16(12-15)35-24(26,27)28/h2-12,20,31H,1H3/b21-19+. The molecule has 0 saturated carbocycles. The van der Waals surface area contributed by atoms with E-state index in [1.807, 2.05) is 0 Å². The Hall–Kier alpha value is -4.05. The van der Waals surface area contributed by atoms with Gasteiger partial charge in [0.25, 0.3) is 11.7 Å². The molecule has 1 atom stereocenters. The molecule has 0 aliphatic carbocycles. The molecular weight excluding hydrogens is 489 g/mol. The first kappa shape index (κ1) is 24.1. The van der Waals surface area contributed by atoms with Crippen LogP contribution in [-0.4, -0.2) is 35.3 Å². The van der Waals surface area contributed by atoms with Gasteiger partial charge in [-0.3, -0.25) is 19.5 Å². The van der Waals surface area contributed by atoms with Crippen molar-refractivity contribution in [3.63, 3.8) is 0 Å². The monoisotopic (exact) mass is 504 g/mol. The predicted octanol–water partition coefficient (Wildman–Crippen LogP) is 5.27. The minimum absolute atomic E-state index is 0.0484. The molecule has 4 rings (SSSR count). The highest BCUT2D eigenvalue weighted by Crippen LogP contribution is 2.44. The fraction of sp³-hybridized carbons (Fsp3) is 0.125. The lowest BCUT2D eigenvalue weighted by Gasteiger charge is -2.26. The fourth-order valence-electron chi connectivity index (χ4n) is 3.80. The van der Waals surface area contributed by atoms with Crippen LogP contribution >= 0.6 is 11.6 Å². The van der Waals surface area contributed by atoms with Gasteiger partial charge < -0.3 is 14.6 Å². The van der Waals surface area contributed by atoms with Gasteiger partial charge in [0.05, 0.1) is 24.3 Å². The molecule has 1 fully saturated rings. The Balaban J connectivity index is 1.93. The van der Waals surface area contributed by atoms with Gasteiger partial charge in [0.1, 0.15) is 17.3 Å². The Bertz CT molecular complexity index is 1330. The smallest absolute Gasteiger partial charge is 0.507 e. The van der Waals surface area contributed by atoms with Gasteiger partial charge in [-0.15, -0.1) is 13.2 Å². The number of amides is 1. The number of anilines is 1. The number of rotatable bonds is 5. The highest BCUT2D eigenvalue weighted by atomic mass is 35.5. The summed E-state index contributed by atoms with van der Waals surface area (Å²) in [5.41, 5.74) is 0.0896. The zero-order valence-corrected chi connectivity index (χ0v) is 18.7. The Morgan fingerprint density at radius 1 is 1.09 bits per heavy atom. The number of nitrogens with zero attached hydrogens (tertiary/aromatic N) is 2. The summed E-state index contributed by atoms with van der Waals surface area (Å²) in [7, 11) is 1.35. The van der Waals surface area contributed by atoms with Crippen molar-refractivity contribution in [2.24, 2.45) is 0 Å². The van der Waals surface area contributed by atoms with Crippen LogP contribution in [0, 0.1) is 0 Å². The number of aliphatic hydroxyl groups excluding tert-OH is 1. The molecule has 1 N–H and O–H groups in total. The number of carbonyl (C=O) groups is 2. The van der Waals surface area contributed by atoms with Crippen molar-refractivity contribution in [2.75, 3.05) is 12.0 Å². The molecule has 1 aromatic heterocycles. The lowest BCUT2D eigenvalue weighted by molar-refractivity contribution is -0.274. The van der Waals surface area contributed by atoms with Crippen molar-refractivity contribution in [2.45, 2.75) is 12.4 Å². The zero-order chi connectivity index (χ0) is 25.3. The first-order valence-electron chi connectivity index (χ1n) is 10.0. The molecule has 0 spiro atoms. The topological polar surface area (TPSA) is 89.0 Å². The maximum atomic E-state index is 13.2. The van der Waals surface area contributed by atoms with Gasteiger partial charge in [0.2, 0.25) is 0 Å². The summed E-state index contributed by atoms with van der Waals surface area (Å²) in [4.78, 5) is 31.2. The van der Waals surface area contributed by atoms with Gasteiger partial charge in [-0.2, -0.15) is 0 Å². The normalized spacial score (nSPS) is 17.5. The number of halogens is 4. The molecule has 2 heterocycles. The summed E-state index contributed by atoms with van der Waals surface area (Å²) in [5, 5.41) is 11.4. The van der Waals surface area contributed by atoms with E-state index in [1.165, 1.54) is 62.0 Å². The number of ketones is 1. The minimum Gasteiger partial charge on any atom is -0.507 e. The molecular formula is C24H16ClF3N2O5. The average molecular weight is 505 g/mol. The molecule has 1 aliphatic rings. The Morgan fingerprint density at radius 3 is 2.46 bits per heavy atom. The van der Waals surface area contributed by atoms with Crippen LogP contribution in [0.2, 0.25) is 5.02 Å². The van der Waals surface area contributed by atoms with Crippen LogP contribution in [0.4, 0.5) is 18.9 Å². The highest BCUT2D eigenvalue weighted by molar-refractivity contribution is 6.51. The molecule has 7 nitrogen and oxygen atoms in total. The summed E-state index contributed by atoms with van der Waals surface area (Å²) in [5.74, 6) is -3.06. The average Bonchev–Trinajstić information content (AvgIpc) is 3.08. The summed E-state index contributed by atoms with van der Waals surface area (Å²) in [6.45, 7) is 0. The van der Waals surface area contributed by atoms with Crippen molar-refractivity contribution in [1.82, 2.24) is 4.98 Å². The zero-order valence-electron chi connectivity index (χ0n) is 17.9. The second-order valence-electron chi connectivity index (χ2n) is 7.34. The maximum Gasteiger partial charge on any atom is 0.573 e. The lowest BCUT2D eigenvalue weighted by Crippen LogP contribution is -2.29. The molecule has 1 amide bonds. The van der Waals surface area contributed by atoms with Crippen molar-refractivity contribution >= 4 is 34.7 Å². The Labute approximate surface area is 202 Å². The summed E-state index contributed by atoms with van der Waals surface area (Å²) < 4.78 is 47.5. The van der Waals surface area contributed by atoms with E-state index in [9.17, 15) is 27.9 Å². The van der Waals surface area contributed by atoms with Gasteiger partial charge in [-0.1, -0.05) is 17.7 Å². The molecule has 0 bridgehead atoms. The van der Waals surface area contributed by atoms with Gasteiger partial charge >= 0.3 is 6.36 Å². The van der Waals surface area contributed by atoms with E-state index < -0.39 is 35.6 Å². The number of Topliss-reactive ketones (excluding diaryl/α,β-unsaturated/α-hetero) is 1. The third kappa shape index (κ3) is 4.78. The maximum absolute atomic E-state index is 13.2. The van der Waals surface area contributed by atoms with E-state index in [1.54, 1.807) is 0 Å². The van der Waals surface area contributed by atoms with Crippen molar-refractivity contribution < 1.29 is 37.3 Å². The van der Waals surface area contributed by atoms with Gasteiger partial charge in [0, 0.05) is 29.2 Å². The van der Waals surface area contributed by atoms with Crippen LogP contribution in [0.5, 0.6) is 11.5 Å². The van der Waals surface area contributed by atoms with Crippen LogP contribution in [0.3, 0.4) is 0 Å². The number of alkyl halides is 3. The van der Waals surface area contributed by atoms with Gasteiger partial charge in [-0.25, -0.2) is 0 Å². The SMILES string of the molecule is COc1ccc(Cl)cc1/C(O)=C1\C(=O)C(=O)N(c2cccc(OC(F)(F)F)c2)C1c1ccncc1. The first-order chi connectivity index (χ1) is 16.6. The summed E-state index contributed by atoms with van der Waals surface area (Å²) in [6.07, 6.45) is -2.13. The number of aromatic nitrogens is 1. The fourth-order valence-corrected chi connectivity index (χ4v) is 3.97. The molecule has 2 aromatic carbocycles. The molecule has 1 unspecified atom stereocenters. The van der Waals surface area contributed by atoms with E-state index in [0.29, 0.717) is 5.56 Å². The second-order valence-corrected chi connectivity index (χ2v) is 7.78. The molecule has 1 aliphatic heterocycles. The number of pyridine rings is 1. The van der Waals surface area contributed by atoms with Crippen molar-refractivity contribution in [3.8, 4) is 11.5 Å². The highest BCUT2D eigenvalue weighted by Gasteiger charge is 2.47. The molecule has 11 heteroatoms. The molecule has 35 heavy (non-hydrogen) atoms. The first-order valence-corrected chi connectivity index (χ1v) is 10.4. The number of methoxy groups -OCH3 is 1. The van der Waals surface area contributed by atoms with Crippen LogP contribution in [0.1, 0.15) is 17.2 Å². The quantitative estimate of drug-likeness (QED) is 0.289. The molecule has 3 aromatic rings. The number of carbonyl (C=O) groups excluding carboxylic acids is 2. The van der Waals surface area contributed by atoms with Gasteiger partial charge in [0.15, 0.2) is 0 Å². The van der Waals surface area contributed by atoms with E-state index in [2.05, 4.69) is 9.72 Å². The molecule has 180 valence electrons. The number of hydrogen-bond donors (Lipinski definition) is 1. The number of hydrogen-bond acceptors (Lipinski definition) is 6. The van der Waals surface area contributed by atoms with E-state index in [0.717, 1.165) is 17.0 Å². The van der Waals surface area contributed by atoms with Crippen LogP contribution < -0.4 is 14.4 Å². The minimum atomic E-state index is -4.96. The summed E-state index contributed by atoms with van der Waals surface area (Å²) >= 11 is 6.07. The van der Waals surface area contributed by atoms with Crippen molar-refractivity contribution in [1.29, 1.82) is 0 Å². The van der Waals surface area contributed by atoms with E-state index in [-0.39, 0.29) is 27.6 Å². The van der Waals surface area contributed by atoms with Crippen LogP contribution in [0.15, 0.2) is 72.6 Å². The predicted molar refractivity (Wildman–Crippen MR) is 120 cm³/mol. The molecule has 0 radical (unpaired) electrons. The Kier molecular flexibility index (Phi) is 6.40. The number of ether oxygens (including phenoxy) is 2.